The summed E-state index contributed by atoms with van der Waals surface area (Å²) in [5.41, 5.74) is 0.859. The number of carboxylic acid groups (broad SMARTS) is 1. The van der Waals surface area contributed by atoms with Gasteiger partial charge in [-0.2, -0.15) is 7.82 Å². The van der Waals surface area contributed by atoms with Gasteiger partial charge in [0.25, 0.3) is 0 Å². The molecule has 0 atom stereocenters. The number of hydrogen-bond acceptors (Lipinski definition) is 5. The summed E-state index contributed by atoms with van der Waals surface area (Å²) in [5.74, 6) is -0.912. The van der Waals surface area contributed by atoms with E-state index >= 15 is 0 Å². The molecule has 0 aromatic heterocycles. The number of aliphatic carboxylic acids is 1. The maximum atomic E-state index is 10.2. The molecule has 6 nitrogen and oxygen atoms in total. The van der Waals surface area contributed by atoms with Crippen molar-refractivity contribution in [2.24, 2.45) is 0 Å². The van der Waals surface area contributed by atoms with Crippen molar-refractivity contribution < 1.29 is 183 Å². The van der Waals surface area contributed by atoms with Crippen molar-refractivity contribution in [3.05, 3.63) is 36.0 Å². The summed E-state index contributed by atoms with van der Waals surface area (Å²) in [4.78, 5) is 35.9. The first-order valence-corrected chi connectivity index (χ1v) is 4.72. The van der Waals surface area contributed by atoms with Crippen molar-refractivity contribution in [3.63, 3.8) is 0 Å². The predicted molar refractivity (Wildman–Crippen MR) is 41.6 cm³/mol. The van der Waals surface area contributed by atoms with Crippen LogP contribution in [0.4, 0.5) is 0 Å². The van der Waals surface area contributed by atoms with Gasteiger partial charge in [0.2, 0.25) is 0 Å². The smallest absolute Gasteiger partial charge is 0.822 e. The van der Waals surface area contributed by atoms with E-state index in [2.05, 4.69) is 6.58 Å². The molecule has 1 aliphatic rings. The fourth-order valence-electron chi connectivity index (χ4n) is 0.666. The standard InChI is InChI=1S/C7H6O2.3K.H3O4P/c1-5-3-2-4-6(5)7(8)9;;;;1-5(2,3)4/h2-4H,1H2,(H,8,9);;;;(H3,1,2,3,4)/q;3*+1;/p-3. The largest absolute Gasteiger partial charge is 1.00 e. The molecular weight excluding hydrogens is 328 g/mol. The first kappa shape index (κ1) is 28.8. The molecule has 17 heavy (non-hydrogen) atoms. The Morgan fingerprint density at radius 3 is 1.71 bits per heavy atom. The van der Waals surface area contributed by atoms with Gasteiger partial charge in [0, 0.05) is 0 Å². The van der Waals surface area contributed by atoms with Gasteiger partial charge in [-0.3, -0.25) is 0 Å². The molecular formula is C7H6K3O6P. The van der Waals surface area contributed by atoms with E-state index in [0.29, 0.717) is 5.57 Å². The molecule has 0 unspecified atom stereocenters. The number of carbonyl (C=O) groups is 1. The summed E-state index contributed by atoms with van der Waals surface area (Å²) >= 11 is 0. The average Bonchev–Trinajstić information content (AvgIpc) is 2.30. The Morgan fingerprint density at radius 1 is 1.24 bits per heavy atom. The third-order valence-electron chi connectivity index (χ3n) is 1.14. The van der Waals surface area contributed by atoms with Gasteiger partial charge < -0.3 is 24.4 Å². The molecule has 0 saturated heterocycles. The van der Waals surface area contributed by atoms with E-state index in [4.69, 9.17) is 24.4 Å². The second-order valence-electron chi connectivity index (χ2n) is 2.22. The fourth-order valence-corrected chi connectivity index (χ4v) is 0.666. The summed E-state index contributed by atoms with van der Waals surface area (Å²) in [6, 6.07) is 0. The third-order valence-corrected chi connectivity index (χ3v) is 1.14. The zero-order valence-electron chi connectivity index (χ0n) is 9.87. The molecule has 0 radical (unpaired) electrons. The van der Waals surface area contributed by atoms with Crippen LogP contribution in [0.15, 0.2) is 36.0 Å². The molecule has 1 rings (SSSR count). The van der Waals surface area contributed by atoms with Crippen molar-refractivity contribution in [2.75, 3.05) is 0 Å². The Kier molecular flexibility index (Phi) is 24.8. The van der Waals surface area contributed by atoms with Crippen molar-refractivity contribution in [2.45, 2.75) is 0 Å². The van der Waals surface area contributed by atoms with E-state index < -0.39 is 13.8 Å². The fraction of sp³-hybridized carbons (Fsp3) is 0. The molecule has 0 saturated carbocycles. The second-order valence-corrected chi connectivity index (χ2v) is 3.11. The first-order chi connectivity index (χ1) is 6.22. The van der Waals surface area contributed by atoms with Gasteiger partial charge in [-0.25, -0.2) is 4.79 Å². The molecule has 0 spiro atoms. The Bertz CT molecular complexity index is 350. The number of hydrogen-bond donors (Lipinski definition) is 1. The van der Waals surface area contributed by atoms with Crippen LogP contribution in [0.5, 0.6) is 0 Å². The van der Waals surface area contributed by atoms with E-state index in [1.165, 1.54) is 6.08 Å². The monoisotopic (exact) mass is 334 g/mol. The third kappa shape index (κ3) is 19.7. The van der Waals surface area contributed by atoms with Crippen molar-refractivity contribution in [1.82, 2.24) is 0 Å². The molecule has 1 N–H and O–H groups in total. The molecule has 0 amide bonds. The minimum atomic E-state index is -5.39. The van der Waals surface area contributed by atoms with Gasteiger partial charge in [0.1, 0.15) is 0 Å². The van der Waals surface area contributed by atoms with Gasteiger partial charge >= 0.3 is 160 Å². The molecule has 0 aliphatic heterocycles. The maximum Gasteiger partial charge on any atom is 1.00 e. The number of carboxylic acids is 1. The van der Waals surface area contributed by atoms with E-state index in [-0.39, 0.29) is 160 Å². The Hall–Kier alpha value is 3.71. The SMILES string of the molecule is C=C1C=CC=C1C(=O)O.O=P([O-])([O-])[O-].[K+].[K+].[K+]. The minimum Gasteiger partial charge on any atom is -0.822 e. The normalized spacial score (nSPS) is 11.9. The predicted octanol–water partition coefficient (Wildman–Crippen LogP) is -10.7. The number of allylic oxidation sites excluding steroid dienone is 3. The molecule has 0 aromatic carbocycles. The summed E-state index contributed by atoms with van der Waals surface area (Å²) in [7, 11) is -5.39. The Morgan fingerprint density at radius 2 is 1.59 bits per heavy atom. The molecule has 0 aromatic rings. The zero-order chi connectivity index (χ0) is 11.4. The topological polar surface area (TPSA) is 124 Å². The molecule has 10 heteroatoms. The zero-order valence-corrected chi connectivity index (χ0v) is 20.1. The maximum absolute atomic E-state index is 10.2. The van der Waals surface area contributed by atoms with Gasteiger partial charge in [-0.1, -0.05) is 18.7 Å². The van der Waals surface area contributed by atoms with Gasteiger partial charge in [0.15, 0.2) is 0 Å². The summed E-state index contributed by atoms with van der Waals surface area (Å²) in [6.45, 7) is 3.52. The molecule has 0 fully saturated rings. The number of rotatable bonds is 1. The van der Waals surface area contributed by atoms with Crippen molar-refractivity contribution in [3.8, 4) is 0 Å². The van der Waals surface area contributed by atoms with E-state index in [0.717, 1.165) is 0 Å². The van der Waals surface area contributed by atoms with Gasteiger partial charge in [0.05, 0.1) is 5.57 Å². The quantitative estimate of drug-likeness (QED) is 0.375. The summed E-state index contributed by atoms with van der Waals surface area (Å²) < 4.78 is 8.55. The second kappa shape index (κ2) is 14.6. The summed E-state index contributed by atoms with van der Waals surface area (Å²) in [5, 5.41) is 8.41. The average molecular weight is 334 g/mol. The van der Waals surface area contributed by atoms with E-state index in [1.54, 1.807) is 12.2 Å². The van der Waals surface area contributed by atoms with Gasteiger partial charge in [-0.05, 0) is 11.6 Å². The summed E-state index contributed by atoms with van der Waals surface area (Å²) in [6.07, 6.45) is 4.87. The molecule has 1 aliphatic carbocycles. The molecule has 0 bridgehead atoms. The Labute approximate surface area is 227 Å². The van der Waals surface area contributed by atoms with Crippen LogP contribution in [-0.4, -0.2) is 11.1 Å². The van der Waals surface area contributed by atoms with Crippen LogP contribution in [0.25, 0.3) is 0 Å². The minimum absolute atomic E-state index is 0. The van der Waals surface area contributed by atoms with Crippen LogP contribution in [0.3, 0.4) is 0 Å². The van der Waals surface area contributed by atoms with Crippen molar-refractivity contribution >= 4 is 13.8 Å². The van der Waals surface area contributed by atoms with Crippen molar-refractivity contribution in [1.29, 1.82) is 0 Å². The van der Waals surface area contributed by atoms with Crippen LogP contribution >= 0.6 is 7.82 Å². The van der Waals surface area contributed by atoms with Crippen LogP contribution in [0.2, 0.25) is 0 Å². The Balaban J connectivity index is -0.0000000948. The van der Waals surface area contributed by atoms with E-state index in [9.17, 15) is 4.79 Å². The molecule has 78 valence electrons. The van der Waals surface area contributed by atoms with Crippen LogP contribution in [0, 0.1) is 0 Å². The van der Waals surface area contributed by atoms with Crippen LogP contribution < -0.4 is 169 Å². The van der Waals surface area contributed by atoms with Crippen LogP contribution in [0.1, 0.15) is 0 Å². The molecule has 0 heterocycles. The van der Waals surface area contributed by atoms with Gasteiger partial charge in [-0.15, -0.1) is 0 Å². The van der Waals surface area contributed by atoms with Crippen LogP contribution in [-0.2, 0) is 9.36 Å². The first-order valence-electron chi connectivity index (χ1n) is 3.26. The van der Waals surface area contributed by atoms with E-state index in [1.807, 2.05) is 0 Å². The number of phosphoric acid groups is 1.